The van der Waals surface area contributed by atoms with E-state index in [-0.39, 0.29) is 22.0 Å². The Morgan fingerprint density at radius 1 is 1.22 bits per heavy atom. The summed E-state index contributed by atoms with van der Waals surface area (Å²) >= 11 is 0. The molecule has 0 bridgehead atoms. The van der Waals surface area contributed by atoms with Crippen molar-refractivity contribution in [1.82, 2.24) is 9.62 Å². The lowest BCUT2D eigenvalue weighted by Crippen LogP contribution is -2.62. The summed E-state index contributed by atoms with van der Waals surface area (Å²) in [5, 5.41) is 0. The Bertz CT molecular complexity index is 420. The topological polar surface area (TPSA) is 49.4 Å². The molecule has 4 nitrogen and oxygen atoms in total. The Hall–Kier alpha value is -0.390. The molecular formula is C13H26N2O2S. The van der Waals surface area contributed by atoms with Crippen LogP contribution < -0.4 is 4.72 Å². The molecule has 0 aromatic carbocycles. The summed E-state index contributed by atoms with van der Waals surface area (Å²) in [6.45, 7) is 13.6. The van der Waals surface area contributed by atoms with Crippen LogP contribution in [0.3, 0.4) is 0 Å². The van der Waals surface area contributed by atoms with Gasteiger partial charge in [0, 0.05) is 22.0 Å². The van der Waals surface area contributed by atoms with Gasteiger partial charge in [-0.3, -0.25) is 4.90 Å². The molecule has 0 saturated carbocycles. The maximum atomic E-state index is 11.9. The van der Waals surface area contributed by atoms with Crippen LogP contribution in [0.15, 0.2) is 11.5 Å². The number of likely N-dealkylation sites (tertiary alicyclic amines) is 1. The molecule has 1 aliphatic heterocycles. The number of nitrogens with zero attached hydrogens (tertiary/aromatic N) is 1. The predicted octanol–water partition coefficient (Wildman–Crippen LogP) is 2.09. The number of sulfonamides is 1. The molecule has 1 heterocycles. The standard InChI is InChI=1S/C13H26N2O2S/c1-10(2)18(16,17)14-11-8-12(3,4)15(7)13(5,6)9-11/h11,14H,1,8-9H2,2-7H3. The maximum absolute atomic E-state index is 11.9. The molecule has 0 aromatic heterocycles. The Morgan fingerprint density at radius 2 is 1.61 bits per heavy atom. The predicted molar refractivity (Wildman–Crippen MR) is 75.8 cm³/mol. The number of piperidine rings is 1. The second kappa shape index (κ2) is 4.62. The zero-order valence-corrected chi connectivity index (χ0v) is 13.2. The van der Waals surface area contributed by atoms with E-state index in [1.165, 1.54) is 6.92 Å². The fourth-order valence-electron chi connectivity index (χ4n) is 2.77. The van der Waals surface area contributed by atoms with E-state index in [9.17, 15) is 8.42 Å². The first-order valence-electron chi connectivity index (χ1n) is 6.30. The number of rotatable bonds is 3. The van der Waals surface area contributed by atoms with Crippen LogP contribution in [0.1, 0.15) is 47.5 Å². The van der Waals surface area contributed by atoms with Gasteiger partial charge in [-0.25, -0.2) is 13.1 Å². The number of hydrogen-bond donors (Lipinski definition) is 1. The fourth-order valence-corrected chi connectivity index (χ4v) is 3.58. The van der Waals surface area contributed by atoms with Crippen molar-refractivity contribution in [2.45, 2.75) is 64.6 Å². The third kappa shape index (κ3) is 3.13. The third-order valence-electron chi connectivity index (χ3n) is 4.09. The van der Waals surface area contributed by atoms with E-state index in [2.05, 4.69) is 50.9 Å². The molecule has 1 saturated heterocycles. The fraction of sp³-hybridized carbons (Fsp3) is 0.846. The zero-order valence-electron chi connectivity index (χ0n) is 12.4. The lowest BCUT2D eigenvalue weighted by molar-refractivity contribution is -0.0139. The molecule has 0 unspecified atom stereocenters. The molecule has 0 spiro atoms. The van der Waals surface area contributed by atoms with E-state index in [4.69, 9.17) is 0 Å². The molecule has 1 fully saturated rings. The Labute approximate surface area is 111 Å². The molecule has 1 rings (SSSR count). The molecule has 106 valence electrons. The van der Waals surface area contributed by atoms with Gasteiger partial charge in [0.05, 0.1) is 0 Å². The van der Waals surface area contributed by atoms with Gasteiger partial charge in [0.2, 0.25) is 10.0 Å². The van der Waals surface area contributed by atoms with Crippen molar-refractivity contribution in [2.75, 3.05) is 7.05 Å². The molecule has 0 atom stereocenters. The van der Waals surface area contributed by atoms with Gasteiger partial charge < -0.3 is 0 Å². The molecule has 0 aliphatic carbocycles. The lowest BCUT2D eigenvalue weighted by atomic mass is 9.78. The Morgan fingerprint density at radius 3 is 1.94 bits per heavy atom. The van der Waals surface area contributed by atoms with Gasteiger partial charge >= 0.3 is 0 Å². The van der Waals surface area contributed by atoms with Crippen LogP contribution in [0.25, 0.3) is 0 Å². The zero-order chi connectivity index (χ0) is 14.4. The van der Waals surface area contributed by atoms with Crippen molar-refractivity contribution in [2.24, 2.45) is 0 Å². The van der Waals surface area contributed by atoms with Crippen molar-refractivity contribution < 1.29 is 8.42 Å². The van der Waals surface area contributed by atoms with E-state index in [0.717, 1.165) is 12.8 Å². The van der Waals surface area contributed by atoms with Gasteiger partial charge in [-0.1, -0.05) is 6.58 Å². The summed E-state index contributed by atoms with van der Waals surface area (Å²) in [5.41, 5.74) is -0.0476. The van der Waals surface area contributed by atoms with Crippen LogP contribution in [-0.2, 0) is 10.0 Å². The Balaban J connectivity index is 2.92. The first kappa shape index (κ1) is 15.7. The van der Waals surface area contributed by atoms with Crippen LogP contribution in [0.5, 0.6) is 0 Å². The van der Waals surface area contributed by atoms with E-state index < -0.39 is 10.0 Å². The second-order valence-corrected chi connectivity index (χ2v) is 8.55. The molecule has 1 N–H and O–H groups in total. The van der Waals surface area contributed by atoms with Gasteiger partial charge in [0.1, 0.15) is 0 Å². The number of nitrogens with one attached hydrogen (secondary N) is 1. The van der Waals surface area contributed by atoms with Crippen LogP contribution in [0, 0.1) is 0 Å². The molecular weight excluding hydrogens is 248 g/mol. The largest absolute Gasteiger partial charge is 0.296 e. The van der Waals surface area contributed by atoms with Crippen LogP contribution in [0.4, 0.5) is 0 Å². The smallest absolute Gasteiger partial charge is 0.236 e. The summed E-state index contributed by atoms with van der Waals surface area (Å²) in [6.07, 6.45) is 1.61. The van der Waals surface area contributed by atoms with Crippen molar-refractivity contribution in [3.05, 3.63) is 11.5 Å². The molecule has 0 radical (unpaired) electrons. The molecule has 0 amide bonds. The lowest BCUT2D eigenvalue weighted by Gasteiger charge is -2.53. The van der Waals surface area contributed by atoms with Crippen molar-refractivity contribution in [1.29, 1.82) is 0 Å². The van der Waals surface area contributed by atoms with Gasteiger partial charge in [0.15, 0.2) is 0 Å². The highest BCUT2D eigenvalue weighted by atomic mass is 32.2. The highest BCUT2D eigenvalue weighted by Gasteiger charge is 2.43. The molecule has 0 aromatic rings. The minimum Gasteiger partial charge on any atom is -0.296 e. The van der Waals surface area contributed by atoms with E-state index in [1.54, 1.807) is 0 Å². The van der Waals surface area contributed by atoms with Gasteiger partial charge in [-0.05, 0) is 54.5 Å². The van der Waals surface area contributed by atoms with Gasteiger partial charge in [0.25, 0.3) is 0 Å². The van der Waals surface area contributed by atoms with Crippen LogP contribution >= 0.6 is 0 Å². The maximum Gasteiger partial charge on any atom is 0.236 e. The third-order valence-corrected chi connectivity index (χ3v) is 5.65. The first-order chi connectivity index (χ1) is 7.88. The van der Waals surface area contributed by atoms with E-state index in [1.807, 2.05) is 0 Å². The Kier molecular flexibility index (Phi) is 4.02. The van der Waals surface area contributed by atoms with Crippen molar-refractivity contribution >= 4 is 10.0 Å². The summed E-state index contributed by atoms with van der Waals surface area (Å²) < 4.78 is 26.5. The first-order valence-corrected chi connectivity index (χ1v) is 7.79. The van der Waals surface area contributed by atoms with Crippen LogP contribution in [0.2, 0.25) is 0 Å². The normalized spacial score (nSPS) is 25.0. The SMILES string of the molecule is C=C(C)S(=O)(=O)NC1CC(C)(C)N(C)C(C)(C)C1. The second-order valence-electron chi connectivity index (χ2n) is 6.61. The molecule has 18 heavy (non-hydrogen) atoms. The minimum atomic E-state index is -3.38. The molecule has 5 heteroatoms. The van der Waals surface area contributed by atoms with Crippen molar-refractivity contribution in [3.8, 4) is 0 Å². The molecule has 1 aliphatic rings. The van der Waals surface area contributed by atoms with Gasteiger partial charge in [-0.15, -0.1) is 0 Å². The summed E-state index contributed by atoms with van der Waals surface area (Å²) in [7, 11) is -1.28. The average Bonchev–Trinajstić information content (AvgIpc) is 2.11. The minimum absolute atomic E-state index is 0.0238. The van der Waals surface area contributed by atoms with E-state index >= 15 is 0 Å². The van der Waals surface area contributed by atoms with Crippen LogP contribution in [-0.4, -0.2) is 37.5 Å². The quantitative estimate of drug-likeness (QED) is 0.857. The van der Waals surface area contributed by atoms with Crippen molar-refractivity contribution in [3.63, 3.8) is 0 Å². The summed E-state index contributed by atoms with van der Waals surface area (Å²) in [6, 6.07) is -0.0344. The summed E-state index contributed by atoms with van der Waals surface area (Å²) in [4.78, 5) is 2.50. The summed E-state index contributed by atoms with van der Waals surface area (Å²) in [5.74, 6) is 0. The average molecular weight is 274 g/mol. The monoisotopic (exact) mass is 274 g/mol. The van der Waals surface area contributed by atoms with E-state index in [0.29, 0.717) is 0 Å². The highest BCUT2D eigenvalue weighted by Crippen LogP contribution is 2.37. The van der Waals surface area contributed by atoms with Gasteiger partial charge in [-0.2, -0.15) is 0 Å². The number of hydrogen-bond acceptors (Lipinski definition) is 3. The number of allylic oxidation sites excluding steroid dienone is 1. The highest BCUT2D eigenvalue weighted by molar-refractivity contribution is 7.93.